The van der Waals surface area contributed by atoms with Crippen LogP contribution in [0.4, 0.5) is 11.4 Å². The van der Waals surface area contributed by atoms with Gasteiger partial charge in [-0.25, -0.2) is 0 Å². The second kappa shape index (κ2) is 9.09. The van der Waals surface area contributed by atoms with Gasteiger partial charge < -0.3 is 14.5 Å². The van der Waals surface area contributed by atoms with Crippen molar-refractivity contribution < 1.29 is 9.53 Å². The molecule has 2 aromatic carbocycles. The number of fused-ring (bicyclic) bond motifs is 1. The molecule has 0 saturated carbocycles. The molecule has 2 aliphatic heterocycles. The number of piperazine rings is 1. The van der Waals surface area contributed by atoms with Gasteiger partial charge in [-0.1, -0.05) is 25.1 Å². The molecular formula is C23H29N3O2S. The van der Waals surface area contributed by atoms with Crippen LogP contribution < -0.4 is 14.5 Å². The summed E-state index contributed by atoms with van der Waals surface area (Å²) in [5.41, 5.74) is 2.25. The topological polar surface area (TPSA) is 36.0 Å². The number of thioether (sulfide) groups is 1. The van der Waals surface area contributed by atoms with Crippen LogP contribution in [0.15, 0.2) is 53.4 Å². The molecule has 1 amide bonds. The molecule has 29 heavy (non-hydrogen) atoms. The number of benzene rings is 2. The molecule has 154 valence electrons. The van der Waals surface area contributed by atoms with Gasteiger partial charge in [0.2, 0.25) is 5.91 Å². The van der Waals surface area contributed by atoms with Gasteiger partial charge in [0.15, 0.2) is 0 Å². The highest BCUT2D eigenvalue weighted by Crippen LogP contribution is 2.37. The molecule has 0 bridgehead atoms. The molecule has 0 N–H and O–H groups in total. The zero-order chi connectivity index (χ0) is 20.2. The summed E-state index contributed by atoms with van der Waals surface area (Å²) in [6.07, 6.45) is 1.02. The predicted molar refractivity (Wildman–Crippen MR) is 120 cm³/mol. The standard InChI is InChI=1S/C23H29N3O2S/c1-18-10-11-26(21-8-3-4-9-22(21)29-18)23(27)17-24-12-14-25(15-13-24)19-6-5-7-20(16-19)28-2/h3-9,16,18H,10-15,17H2,1-2H3/t18-/m0/s1. The van der Waals surface area contributed by atoms with Crippen molar-refractivity contribution >= 4 is 29.0 Å². The van der Waals surface area contributed by atoms with Crippen molar-refractivity contribution in [3.05, 3.63) is 48.5 Å². The second-order valence-electron chi connectivity index (χ2n) is 7.69. The van der Waals surface area contributed by atoms with Gasteiger partial charge in [-0.3, -0.25) is 9.69 Å². The summed E-state index contributed by atoms with van der Waals surface area (Å²) in [4.78, 5) is 21.0. The Bertz CT molecular complexity index is 852. The fraction of sp³-hybridized carbons (Fsp3) is 0.435. The van der Waals surface area contributed by atoms with Crippen LogP contribution in [-0.4, -0.2) is 62.4 Å². The number of anilines is 2. The number of amides is 1. The fourth-order valence-electron chi connectivity index (χ4n) is 3.99. The first-order valence-corrected chi connectivity index (χ1v) is 11.2. The number of hydrogen-bond donors (Lipinski definition) is 0. The van der Waals surface area contributed by atoms with Crippen molar-refractivity contribution in [1.82, 2.24) is 4.90 Å². The van der Waals surface area contributed by atoms with Crippen LogP contribution in [0.3, 0.4) is 0 Å². The van der Waals surface area contributed by atoms with Crippen LogP contribution in [-0.2, 0) is 4.79 Å². The molecule has 0 spiro atoms. The van der Waals surface area contributed by atoms with Gasteiger partial charge in [-0.05, 0) is 30.7 Å². The molecule has 2 aromatic rings. The summed E-state index contributed by atoms with van der Waals surface area (Å²) in [6, 6.07) is 16.5. The van der Waals surface area contributed by atoms with E-state index in [9.17, 15) is 4.79 Å². The first-order valence-electron chi connectivity index (χ1n) is 10.3. The Balaban J connectivity index is 1.37. The summed E-state index contributed by atoms with van der Waals surface area (Å²) in [6.45, 7) is 7.15. The first kappa shape index (κ1) is 20.1. The van der Waals surface area contributed by atoms with Gasteiger partial charge in [-0.15, -0.1) is 11.8 Å². The number of methoxy groups -OCH3 is 1. The van der Waals surface area contributed by atoms with Crippen molar-refractivity contribution in [2.75, 3.05) is 56.2 Å². The summed E-state index contributed by atoms with van der Waals surface area (Å²) in [5.74, 6) is 1.09. The van der Waals surface area contributed by atoms with E-state index in [2.05, 4.69) is 47.1 Å². The Morgan fingerprint density at radius 3 is 2.66 bits per heavy atom. The molecule has 2 aliphatic rings. The van der Waals surface area contributed by atoms with Crippen molar-refractivity contribution in [3.63, 3.8) is 0 Å². The van der Waals surface area contributed by atoms with E-state index in [1.165, 1.54) is 10.6 Å². The summed E-state index contributed by atoms with van der Waals surface area (Å²) >= 11 is 1.88. The number of carbonyl (C=O) groups is 1. The third kappa shape index (κ3) is 4.70. The summed E-state index contributed by atoms with van der Waals surface area (Å²) in [7, 11) is 1.70. The largest absolute Gasteiger partial charge is 0.497 e. The Hall–Kier alpha value is -2.18. The second-order valence-corrected chi connectivity index (χ2v) is 9.18. The van der Waals surface area contributed by atoms with E-state index in [1.54, 1.807) is 7.11 Å². The van der Waals surface area contributed by atoms with Crippen molar-refractivity contribution in [2.24, 2.45) is 0 Å². The lowest BCUT2D eigenvalue weighted by atomic mass is 10.2. The van der Waals surface area contributed by atoms with Gasteiger partial charge >= 0.3 is 0 Å². The maximum absolute atomic E-state index is 13.2. The number of ether oxygens (including phenoxy) is 1. The molecule has 0 radical (unpaired) electrons. The molecule has 2 heterocycles. The zero-order valence-electron chi connectivity index (χ0n) is 17.2. The minimum Gasteiger partial charge on any atom is -0.497 e. The van der Waals surface area contributed by atoms with Crippen molar-refractivity contribution in [3.8, 4) is 5.75 Å². The van der Waals surface area contributed by atoms with E-state index < -0.39 is 0 Å². The number of rotatable bonds is 4. The average Bonchev–Trinajstić information content (AvgIpc) is 2.92. The van der Waals surface area contributed by atoms with Gasteiger partial charge in [0, 0.05) is 54.6 Å². The SMILES string of the molecule is COc1cccc(N2CCN(CC(=O)N3CC[C@H](C)Sc4ccccc43)CC2)c1. The van der Waals surface area contributed by atoms with Gasteiger partial charge in [0.1, 0.15) is 5.75 Å². The molecule has 4 rings (SSSR count). The van der Waals surface area contributed by atoms with Crippen LogP contribution in [0.1, 0.15) is 13.3 Å². The number of hydrogen-bond acceptors (Lipinski definition) is 5. The molecule has 5 nitrogen and oxygen atoms in total. The highest BCUT2D eigenvalue weighted by molar-refractivity contribution is 8.00. The van der Waals surface area contributed by atoms with Crippen LogP contribution in [0.25, 0.3) is 0 Å². The fourth-order valence-corrected chi connectivity index (χ4v) is 5.11. The van der Waals surface area contributed by atoms with Crippen molar-refractivity contribution in [1.29, 1.82) is 0 Å². The Kier molecular flexibility index (Phi) is 6.31. The maximum Gasteiger partial charge on any atom is 0.241 e. The molecular weight excluding hydrogens is 382 g/mol. The van der Waals surface area contributed by atoms with E-state index in [1.807, 2.05) is 34.9 Å². The third-order valence-electron chi connectivity index (χ3n) is 5.69. The maximum atomic E-state index is 13.2. The highest BCUT2D eigenvalue weighted by Gasteiger charge is 2.26. The lowest BCUT2D eigenvalue weighted by Crippen LogP contribution is -2.50. The predicted octanol–water partition coefficient (Wildman–Crippen LogP) is 3.73. The number of nitrogens with zero attached hydrogens (tertiary/aromatic N) is 3. The number of carbonyl (C=O) groups excluding carboxylic acids is 1. The monoisotopic (exact) mass is 411 g/mol. The minimum absolute atomic E-state index is 0.210. The van der Waals surface area contributed by atoms with Crippen LogP contribution in [0, 0.1) is 0 Å². The lowest BCUT2D eigenvalue weighted by Gasteiger charge is -2.36. The molecule has 1 atom stereocenters. The van der Waals surface area contributed by atoms with E-state index in [-0.39, 0.29) is 5.91 Å². The molecule has 6 heteroatoms. The van der Waals surface area contributed by atoms with E-state index in [4.69, 9.17) is 4.74 Å². The summed E-state index contributed by atoms with van der Waals surface area (Å²) < 4.78 is 5.34. The lowest BCUT2D eigenvalue weighted by molar-refractivity contribution is -0.119. The summed E-state index contributed by atoms with van der Waals surface area (Å²) in [5, 5.41) is 0.528. The highest BCUT2D eigenvalue weighted by atomic mass is 32.2. The molecule has 1 fully saturated rings. The van der Waals surface area contributed by atoms with Crippen LogP contribution >= 0.6 is 11.8 Å². The minimum atomic E-state index is 0.210. The Labute approximate surface area is 177 Å². The van der Waals surface area contributed by atoms with E-state index >= 15 is 0 Å². The van der Waals surface area contributed by atoms with E-state index in [0.717, 1.165) is 50.6 Å². The van der Waals surface area contributed by atoms with Crippen molar-refractivity contribution in [2.45, 2.75) is 23.5 Å². The quantitative estimate of drug-likeness (QED) is 0.766. The van der Waals surface area contributed by atoms with Gasteiger partial charge in [0.05, 0.1) is 19.3 Å². The van der Waals surface area contributed by atoms with Gasteiger partial charge in [-0.2, -0.15) is 0 Å². The molecule has 0 unspecified atom stereocenters. The van der Waals surface area contributed by atoms with Crippen LogP contribution in [0.5, 0.6) is 5.75 Å². The average molecular weight is 412 g/mol. The van der Waals surface area contributed by atoms with Gasteiger partial charge in [0.25, 0.3) is 0 Å². The smallest absolute Gasteiger partial charge is 0.241 e. The van der Waals surface area contributed by atoms with Crippen LogP contribution in [0.2, 0.25) is 0 Å². The Morgan fingerprint density at radius 2 is 1.86 bits per heavy atom. The molecule has 0 aliphatic carbocycles. The zero-order valence-corrected chi connectivity index (χ0v) is 18.0. The number of para-hydroxylation sites is 1. The normalized spacial score (nSPS) is 20.1. The molecule has 1 saturated heterocycles. The Morgan fingerprint density at radius 1 is 1.07 bits per heavy atom. The molecule has 0 aromatic heterocycles. The van der Waals surface area contributed by atoms with E-state index in [0.29, 0.717) is 11.8 Å². The first-order chi connectivity index (χ1) is 14.1. The third-order valence-corrected chi connectivity index (χ3v) is 6.93.